The minimum atomic E-state index is -0.0938. The lowest BCUT2D eigenvalue weighted by atomic mass is 10.1. The molecule has 1 aliphatic carbocycles. The first-order valence-corrected chi connectivity index (χ1v) is 6.66. The highest BCUT2D eigenvalue weighted by Gasteiger charge is 2.04. The molecule has 0 radical (unpaired) electrons. The van der Waals surface area contributed by atoms with E-state index in [4.69, 9.17) is 4.74 Å². The number of hydrogen-bond acceptors (Lipinski definition) is 4. The third kappa shape index (κ3) is 7.23. The summed E-state index contributed by atoms with van der Waals surface area (Å²) in [5.41, 5.74) is 1.11. The molecule has 1 N–H and O–H groups in total. The lowest BCUT2D eigenvalue weighted by molar-refractivity contribution is -0.142. The molecule has 0 saturated heterocycles. The van der Waals surface area contributed by atoms with E-state index in [2.05, 4.69) is 29.7 Å². The molecule has 0 heterocycles. The largest absolute Gasteiger partial charge is 0.461 e. The van der Waals surface area contributed by atoms with Gasteiger partial charge in [-0.3, -0.25) is 9.52 Å². The van der Waals surface area contributed by atoms with Crippen LogP contribution in [-0.4, -0.2) is 19.1 Å². The molecule has 0 aromatic heterocycles. The minimum absolute atomic E-state index is 0.0938. The normalized spacial score (nSPS) is 14.5. The Hall–Kier alpha value is -0.740. The molecule has 1 aliphatic rings. The summed E-state index contributed by atoms with van der Waals surface area (Å²) >= 11 is 3.90. The monoisotopic (exact) mass is 255 g/mol. The van der Waals surface area contributed by atoms with Crippen LogP contribution in [-0.2, 0) is 9.53 Å². The molecule has 0 bridgehead atoms. The smallest absolute Gasteiger partial charge is 0.306 e. The van der Waals surface area contributed by atoms with Crippen LogP contribution >= 0.6 is 12.8 Å². The van der Waals surface area contributed by atoms with Crippen molar-refractivity contribution in [1.82, 2.24) is 4.72 Å². The average Bonchev–Trinajstić information content (AvgIpc) is 2.37. The molecule has 4 heteroatoms. The van der Waals surface area contributed by atoms with Gasteiger partial charge in [0.05, 0.1) is 0 Å². The summed E-state index contributed by atoms with van der Waals surface area (Å²) in [4.78, 5) is 11.4. The van der Waals surface area contributed by atoms with Gasteiger partial charge in [0, 0.05) is 13.0 Å². The fourth-order valence-electron chi connectivity index (χ4n) is 1.66. The summed E-state index contributed by atoms with van der Waals surface area (Å²) in [5, 5.41) is 0. The molecule has 0 aromatic rings. The number of allylic oxidation sites excluding steroid dienone is 2. The van der Waals surface area contributed by atoms with Crippen LogP contribution < -0.4 is 4.72 Å². The van der Waals surface area contributed by atoms with Crippen LogP contribution in [0.5, 0.6) is 0 Å². The van der Waals surface area contributed by atoms with Gasteiger partial charge in [-0.1, -0.05) is 37.5 Å². The second kappa shape index (κ2) is 9.31. The van der Waals surface area contributed by atoms with Gasteiger partial charge in [-0.2, -0.15) is 0 Å². The van der Waals surface area contributed by atoms with Crippen LogP contribution in [0.1, 0.15) is 38.5 Å². The maximum Gasteiger partial charge on any atom is 0.306 e. The third-order valence-corrected chi connectivity index (χ3v) is 2.86. The minimum Gasteiger partial charge on any atom is -0.461 e. The van der Waals surface area contributed by atoms with Crippen molar-refractivity contribution in [2.45, 2.75) is 38.5 Å². The second-order valence-electron chi connectivity index (χ2n) is 4.14. The zero-order chi connectivity index (χ0) is 12.3. The van der Waals surface area contributed by atoms with Gasteiger partial charge in [-0.25, -0.2) is 0 Å². The summed E-state index contributed by atoms with van der Waals surface area (Å²) in [6, 6.07) is 0. The number of thiol groups is 1. The molecule has 0 unspecified atom stereocenters. The Morgan fingerprint density at radius 2 is 2.24 bits per heavy atom. The van der Waals surface area contributed by atoms with Crippen LogP contribution in [0.4, 0.5) is 0 Å². The Bertz CT molecular complexity index is 287. The predicted octanol–water partition coefficient (Wildman–Crippen LogP) is 2.80. The first-order chi connectivity index (χ1) is 8.33. The highest BCUT2D eigenvalue weighted by Crippen LogP contribution is 2.10. The van der Waals surface area contributed by atoms with Gasteiger partial charge < -0.3 is 4.74 Å². The molecule has 0 amide bonds. The maximum atomic E-state index is 11.4. The predicted molar refractivity (Wildman–Crippen MR) is 72.9 cm³/mol. The fraction of sp³-hybridized carbons (Fsp3) is 0.615. The van der Waals surface area contributed by atoms with Crippen molar-refractivity contribution in [1.29, 1.82) is 0 Å². The molecule has 0 spiro atoms. The molecule has 17 heavy (non-hydrogen) atoms. The molecule has 0 saturated carbocycles. The Morgan fingerprint density at radius 3 is 2.94 bits per heavy atom. The quantitative estimate of drug-likeness (QED) is 0.398. The first-order valence-electron chi connectivity index (χ1n) is 6.21. The molecular weight excluding hydrogens is 234 g/mol. The van der Waals surface area contributed by atoms with Gasteiger partial charge in [-0.15, -0.1) is 0 Å². The summed E-state index contributed by atoms with van der Waals surface area (Å²) < 4.78 is 7.99. The van der Waals surface area contributed by atoms with Crippen molar-refractivity contribution in [3.63, 3.8) is 0 Å². The molecule has 0 atom stereocenters. The van der Waals surface area contributed by atoms with Crippen molar-refractivity contribution in [2.24, 2.45) is 0 Å². The Morgan fingerprint density at radius 1 is 1.35 bits per heavy atom. The van der Waals surface area contributed by atoms with Crippen molar-refractivity contribution in [3.8, 4) is 0 Å². The van der Waals surface area contributed by atoms with Gasteiger partial charge in [0.25, 0.3) is 0 Å². The van der Waals surface area contributed by atoms with E-state index in [1.165, 1.54) is 0 Å². The number of carbonyl (C=O) groups is 1. The highest BCUT2D eigenvalue weighted by atomic mass is 32.1. The van der Waals surface area contributed by atoms with E-state index in [-0.39, 0.29) is 5.97 Å². The molecule has 1 rings (SSSR count). The van der Waals surface area contributed by atoms with Crippen LogP contribution in [0.2, 0.25) is 0 Å². The van der Waals surface area contributed by atoms with E-state index in [0.29, 0.717) is 13.0 Å². The average molecular weight is 255 g/mol. The SMILES string of the molecule is O=C(CCCCCNS)OCC1=CCCC=C1. The van der Waals surface area contributed by atoms with E-state index in [0.717, 1.165) is 44.2 Å². The van der Waals surface area contributed by atoms with Gasteiger partial charge in [-0.05, 0) is 31.3 Å². The third-order valence-electron chi connectivity index (χ3n) is 2.64. The van der Waals surface area contributed by atoms with Gasteiger partial charge in [0.1, 0.15) is 6.61 Å². The Balaban J connectivity index is 2.01. The Kier molecular flexibility index (Phi) is 7.84. The second-order valence-corrected chi connectivity index (χ2v) is 4.45. The fourth-order valence-corrected chi connectivity index (χ4v) is 1.82. The summed E-state index contributed by atoms with van der Waals surface area (Å²) in [6.45, 7) is 1.31. The summed E-state index contributed by atoms with van der Waals surface area (Å²) in [5.74, 6) is -0.0938. The topological polar surface area (TPSA) is 38.3 Å². The molecule has 0 aromatic carbocycles. The molecule has 0 aliphatic heterocycles. The maximum absolute atomic E-state index is 11.4. The van der Waals surface area contributed by atoms with Crippen molar-refractivity contribution in [3.05, 3.63) is 23.8 Å². The Labute approximate surface area is 109 Å². The number of rotatable bonds is 8. The number of carbonyl (C=O) groups excluding carboxylic acids is 1. The van der Waals surface area contributed by atoms with E-state index < -0.39 is 0 Å². The number of hydrogen-bond donors (Lipinski definition) is 2. The lowest BCUT2D eigenvalue weighted by Gasteiger charge is -2.08. The lowest BCUT2D eigenvalue weighted by Crippen LogP contribution is -2.08. The number of unbranched alkanes of at least 4 members (excludes halogenated alkanes) is 2. The molecular formula is C13H21NO2S. The number of esters is 1. The zero-order valence-electron chi connectivity index (χ0n) is 10.2. The van der Waals surface area contributed by atoms with Gasteiger partial charge in [0.15, 0.2) is 0 Å². The van der Waals surface area contributed by atoms with Crippen molar-refractivity contribution >= 4 is 18.8 Å². The summed E-state index contributed by atoms with van der Waals surface area (Å²) in [7, 11) is 0. The molecule has 96 valence electrons. The van der Waals surface area contributed by atoms with E-state index >= 15 is 0 Å². The van der Waals surface area contributed by atoms with Crippen molar-refractivity contribution in [2.75, 3.05) is 13.2 Å². The highest BCUT2D eigenvalue weighted by molar-refractivity contribution is 7.78. The van der Waals surface area contributed by atoms with Crippen LogP contribution in [0, 0.1) is 0 Å². The van der Waals surface area contributed by atoms with E-state index in [1.807, 2.05) is 6.08 Å². The zero-order valence-corrected chi connectivity index (χ0v) is 11.0. The van der Waals surface area contributed by atoms with E-state index in [1.54, 1.807) is 0 Å². The van der Waals surface area contributed by atoms with Gasteiger partial charge >= 0.3 is 5.97 Å². The van der Waals surface area contributed by atoms with Crippen molar-refractivity contribution < 1.29 is 9.53 Å². The molecule has 0 fully saturated rings. The number of nitrogens with one attached hydrogen (secondary N) is 1. The van der Waals surface area contributed by atoms with Crippen LogP contribution in [0.25, 0.3) is 0 Å². The first kappa shape index (κ1) is 14.3. The van der Waals surface area contributed by atoms with Crippen LogP contribution in [0.3, 0.4) is 0 Å². The van der Waals surface area contributed by atoms with Crippen LogP contribution in [0.15, 0.2) is 23.8 Å². The summed E-state index contributed by atoms with van der Waals surface area (Å²) in [6.07, 6.45) is 11.9. The molecule has 3 nitrogen and oxygen atoms in total. The standard InChI is InChI=1S/C13H21NO2S/c15-13(9-5-2-6-10-14-17)16-11-12-7-3-1-4-8-12/h3,7-8,14,17H,1-2,4-6,9-11H2. The number of ether oxygens (including phenoxy) is 1. The van der Waals surface area contributed by atoms with Gasteiger partial charge in [0.2, 0.25) is 0 Å². The van der Waals surface area contributed by atoms with E-state index in [9.17, 15) is 4.79 Å².